The second-order valence-corrected chi connectivity index (χ2v) is 8.73. The van der Waals surface area contributed by atoms with Crippen molar-refractivity contribution in [2.24, 2.45) is 0 Å². The van der Waals surface area contributed by atoms with Crippen LogP contribution >= 0.6 is 11.3 Å². The van der Waals surface area contributed by atoms with Gasteiger partial charge in [-0.15, -0.1) is 11.3 Å². The number of hydrogen-bond donors (Lipinski definition) is 0. The quantitative estimate of drug-likeness (QED) is 0.595. The summed E-state index contributed by atoms with van der Waals surface area (Å²) in [7, 11) is 0. The maximum atomic E-state index is 13.4. The SMILES string of the molecule is N#Cc1ccc(/C=C2\CCCCn3c2nc2sc4c(c2c3=O)CCCC4)cc1. The molecule has 0 bridgehead atoms. The molecule has 1 aliphatic carbocycles. The maximum absolute atomic E-state index is 13.4. The molecule has 5 heteroatoms. The van der Waals surface area contributed by atoms with Crippen molar-refractivity contribution in [3.8, 4) is 6.07 Å². The molecule has 0 amide bonds. The van der Waals surface area contributed by atoms with Gasteiger partial charge < -0.3 is 0 Å². The van der Waals surface area contributed by atoms with E-state index in [1.165, 1.54) is 23.3 Å². The number of thiophene rings is 1. The van der Waals surface area contributed by atoms with Crippen molar-refractivity contribution in [3.05, 3.63) is 62.0 Å². The molecule has 0 N–H and O–H groups in total. The fourth-order valence-corrected chi connectivity index (χ4v) is 5.63. The molecule has 1 aromatic carbocycles. The Morgan fingerprint density at radius 3 is 2.68 bits per heavy atom. The molecule has 2 aromatic heterocycles. The highest BCUT2D eigenvalue weighted by atomic mass is 32.1. The zero-order valence-electron chi connectivity index (χ0n) is 15.7. The smallest absolute Gasteiger partial charge is 0.262 e. The van der Waals surface area contributed by atoms with Gasteiger partial charge >= 0.3 is 0 Å². The van der Waals surface area contributed by atoms with E-state index in [1.807, 2.05) is 28.8 Å². The molecule has 5 rings (SSSR count). The molecule has 0 atom stereocenters. The largest absolute Gasteiger partial charge is 0.292 e. The predicted molar refractivity (Wildman–Crippen MR) is 113 cm³/mol. The van der Waals surface area contributed by atoms with Gasteiger partial charge in [0.05, 0.1) is 17.0 Å². The Hall–Kier alpha value is -2.71. The van der Waals surface area contributed by atoms with Crippen molar-refractivity contribution in [1.29, 1.82) is 5.26 Å². The van der Waals surface area contributed by atoms with E-state index in [0.29, 0.717) is 5.56 Å². The molecule has 140 valence electrons. The monoisotopic (exact) mass is 387 g/mol. The van der Waals surface area contributed by atoms with Gasteiger partial charge in [0.25, 0.3) is 5.56 Å². The summed E-state index contributed by atoms with van der Waals surface area (Å²) in [5, 5.41) is 9.88. The Morgan fingerprint density at radius 1 is 1.07 bits per heavy atom. The van der Waals surface area contributed by atoms with E-state index in [0.717, 1.165) is 65.8 Å². The fraction of sp³-hybridized carbons (Fsp3) is 0.348. The number of rotatable bonds is 1. The summed E-state index contributed by atoms with van der Waals surface area (Å²) in [5.41, 5.74) is 4.23. The van der Waals surface area contributed by atoms with Crippen LogP contribution in [-0.2, 0) is 19.4 Å². The van der Waals surface area contributed by atoms with E-state index >= 15 is 0 Å². The van der Waals surface area contributed by atoms with Crippen molar-refractivity contribution in [1.82, 2.24) is 9.55 Å². The molecular weight excluding hydrogens is 366 g/mol. The summed E-state index contributed by atoms with van der Waals surface area (Å²) < 4.78 is 1.91. The molecule has 0 saturated heterocycles. The van der Waals surface area contributed by atoms with E-state index in [2.05, 4.69) is 12.1 Å². The Balaban J connectivity index is 1.69. The molecule has 3 heterocycles. The van der Waals surface area contributed by atoms with Crippen LogP contribution in [0, 0.1) is 11.3 Å². The summed E-state index contributed by atoms with van der Waals surface area (Å²) in [6.07, 6.45) is 9.58. The van der Waals surface area contributed by atoms with Gasteiger partial charge in [0.15, 0.2) is 0 Å². The van der Waals surface area contributed by atoms with Crippen LogP contribution in [0.3, 0.4) is 0 Å². The average molecular weight is 388 g/mol. The summed E-state index contributed by atoms with van der Waals surface area (Å²) in [6.45, 7) is 0.742. The predicted octanol–water partition coefficient (Wildman–Crippen LogP) is 4.93. The first-order chi connectivity index (χ1) is 13.7. The first kappa shape index (κ1) is 17.4. The molecule has 1 aliphatic heterocycles. The van der Waals surface area contributed by atoms with Crippen molar-refractivity contribution >= 4 is 33.2 Å². The number of nitriles is 1. The van der Waals surface area contributed by atoms with Gasteiger partial charge in [-0.25, -0.2) is 4.98 Å². The minimum Gasteiger partial charge on any atom is -0.292 e. The van der Waals surface area contributed by atoms with Gasteiger partial charge in [-0.05, 0) is 79.9 Å². The van der Waals surface area contributed by atoms with Gasteiger partial charge in [0.1, 0.15) is 10.7 Å². The average Bonchev–Trinajstić information content (AvgIpc) is 2.98. The number of aromatic nitrogens is 2. The second-order valence-electron chi connectivity index (χ2n) is 7.64. The van der Waals surface area contributed by atoms with E-state index in [4.69, 9.17) is 10.2 Å². The highest BCUT2D eigenvalue weighted by molar-refractivity contribution is 7.18. The minimum absolute atomic E-state index is 0.145. The molecule has 3 aromatic rings. The lowest BCUT2D eigenvalue weighted by Gasteiger charge is -2.13. The third-order valence-electron chi connectivity index (χ3n) is 5.82. The highest BCUT2D eigenvalue weighted by Crippen LogP contribution is 2.35. The molecule has 0 spiro atoms. The summed E-state index contributed by atoms with van der Waals surface area (Å²) in [5.74, 6) is 0.831. The number of fused-ring (bicyclic) bond motifs is 4. The Labute approximate surface area is 167 Å². The number of allylic oxidation sites excluding steroid dienone is 1. The second kappa shape index (κ2) is 7.03. The van der Waals surface area contributed by atoms with Gasteiger partial charge in [-0.3, -0.25) is 9.36 Å². The number of aryl methyl sites for hydroxylation is 2. The molecule has 4 nitrogen and oxygen atoms in total. The summed E-state index contributed by atoms with van der Waals surface area (Å²) in [6, 6.07) is 9.74. The van der Waals surface area contributed by atoms with Gasteiger partial charge in [-0.2, -0.15) is 5.26 Å². The van der Waals surface area contributed by atoms with Gasteiger partial charge in [-0.1, -0.05) is 12.1 Å². The van der Waals surface area contributed by atoms with E-state index < -0.39 is 0 Å². The number of nitrogens with zero attached hydrogens (tertiary/aromatic N) is 3. The van der Waals surface area contributed by atoms with Crippen LogP contribution in [0.25, 0.3) is 21.9 Å². The first-order valence-electron chi connectivity index (χ1n) is 10.0. The Kier molecular flexibility index (Phi) is 4.37. The van der Waals surface area contributed by atoms with Crippen LogP contribution in [0.1, 0.15) is 59.5 Å². The minimum atomic E-state index is 0.145. The molecule has 28 heavy (non-hydrogen) atoms. The van der Waals surface area contributed by atoms with Crippen LogP contribution in [-0.4, -0.2) is 9.55 Å². The third kappa shape index (κ3) is 2.89. The molecule has 0 radical (unpaired) electrons. The van der Waals surface area contributed by atoms with Crippen molar-refractivity contribution in [3.63, 3.8) is 0 Å². The van der Waals surface area contributed by atoms with Crippen molar-refractivity contribution in [2.75, 3.05) is 0 Å². The van der Waals surface area contributed by atoms with Crippen LogP contribution in [0.4, 0.5) is 0 Å². The zero-order chi connectivity index (χ0) is 19.1. The van der Waals surface area contributed by atoms with E-state index in [-0.39, 0.29) is 5.56 Å². The summed E-state index contributed by atoms with van der Waals surface area (Å²) >= 11 is 1.72. The molecular formula is C23H21N3OS. The molecule has 0 fully saturated rings. The maximum Gasteiger partial charge on any atom is 0.262 e. The Morgan fingerprint density at radius 2 is 1.86 bits per heavy atom. The Bertz CT molecular complexity index is 1190. The topological polar surface area (TPSA) is 58.7 Å². The standard InChI is InChI=1S/C23H21N3OS/c24-14-16-10-8-15(9-11-16)13-17-5-3-4-12-26-21(17)25-22-20(23(26)27)18-6-1-2-7-19(18)28-22/h8-11,13H,1-7,12H2/b17-13+. The summed E-state index contributed by atoms with van der Waals surface area (Å²) in [4.78, 5) is 20.7. The van der Waals surface area contributed by atoms with Crippen LogP contribution < -0.4 is 5.56 Å². The zero-order valence-corrected chi connectivity index (χ0v) is 16.5. The lowest BCUT2D eigenvalue weighted by molar-refractivity contribution is 0.613. The lowest BCUT2D eigenvalue weighted by atomic mass is 9.97. The molecule has 2 aliphatic rings. The molecule has 0 unspecified atom stereocenters. The third-order valence-corrected chi connectivity index (χ3v) is 7.01. The van der Waals surface area contributed by atoms with Gasteiger partial charge in [0, 0.05) is 11.4 Å². The van der Waals surface area contributed by atoms with E-state index in [9.17, 15) is 4.79 Å². The van der Waals surface area contributed by atoms with Crippen LogP contribution in [0.2, 0.25) is 0 Å². The fourth-order valence-electron chi connectivity index (χ4n) is 4.38. The van der Waals surface area contributed by atoms with Crippen LogP contribution in [0.5, 0.6) is 0 Å². The first-order valence-corrected chi connectivity index (χ1v) is 10.8. The number of hydrogen-bond acceptors (Lipinski definition) is 4. The van der Waals surface area contributed by atoms with E-state index in [1.54, 1.807) is 11.3 Å². The van der Waals surface area contributed by atoms with Crippen molar-refractivity contribution in [2.45, 2.75) is 51.5 Å². The van der Waals surface area contributed by atoms with Crippen molar-refractivity contribution < 1.29 is 0 Å². The molecule has 0 saturated carbocycles. The van der Waals surface area contributed by atoms with Gasteiger partial charge in [0.2, 0.25) is 0 Å². The number of benzene rings is 1. The normalized spacial score (nSPS) is 17.8. The highest BCUT2D eigenvalue weighted by Gasteiger charge is 2.24. The lowest BCUT2D eigenvalue weighted by Crippen LogP contribution is -2.24. The van der Waals surface area contributed by atoms with Crippen LogP contribution in [0.15, 0.2) is 29.1 Å².